The summed E-state index contributed by atoms with van der Waals surface area (Å²) in [6, 6.07) is 8.23. The Kier molecular flexibility index (Phi) is 8.91. The minimum atomic E-state index is -0.835. The van der Waals surface area contributed by atoms with Crippen LogP contribution < -0.4 is 11.5 Å². The number of unbranched alkanes of at least 4 members (excludes halogenated alkanes) is 2. The topological polar surface area (TPSA) is 75.5 Å². The van der Waals surface area contributed by atoms with Crippen LogP contribution in [0, 0.1) is 6.92 Å². The van der Waals surface area contributed by atoms with Crippen LogP contribution >= 0.6 is 0 Å². The molecule has 0 atom stereocenters. The van der Waals surface area contributed by atoms with Crippen LogP contribution in [0.5, 0.6) is 0 Å². The molecule has 4 heteroatoms. The third kappa shape index (κ3) is 6.94. The highest BCUT2D eigenvalue weighted by Gasteiger charge is 2.24. The van der Waals surface area contributed by atoms with Crippen LogP contribution in [0.3, 0.4) is 0 Å². The van der Waals surface area contributed by atoms with E-state index in [0.717, 1.165) is 54.6 Å². The van der Waals surface area contributed by atoms with Crippen molar-refractivity contribution in [2.24, 2.45) is 11.5 Å². The lowest BCUT2D eigenvalue weighted by Crippen LogP contribution is -2.39. The van der Waals surface area contributed by atoms with E-state index in [2.05, 4.69) is 37.8 Å². The molecule has 5 N–H and O–H groups in total. The number of hydrogen-bond donors (Lipinski definition) is 3. The summed E-state index contributed by atoms with van der Waals surface area (Å²) in [6.07, 6.45) is 4.19. The lowest BCUT2D eigenvalue weighted by atomic mass is 9.98. The van der Waals surface area contributed by atoms with Gasteiger partial charge in [0.25, 0.3) is 0 Å². The van der Waals surface area contributed by atoms with Gasteiger partial charge in [0.1, 0.15) is 0 Å². The zero-order valence-electron chi connectivity index (χ0n) is 18.1. The molecule has 0 aliphatic rings. The predicted molar refractivity (Wildman–Crippen MR) is 117 cm³/mol. The van der Waals surface area contributed by atoms with Gasteiger partial charge in [-0.15, -0.1) is 0 Å². The van der Waals surface area contributed by atoms with Gasteiger partial charge in [-0.1, -0.05) is 51.0 Å². The molecular formula is C23H39N3O. The van der Waals surface area contributed by atoms with Crippen molar-refractivity contribution in [1.82, 2.24) is 4.90 Å². The molecule has 27 heavy (non-hydrogen) atoms. The number of benzene rings is 1. The number of aliphatic hydroxyl groups is 1. The lowest BCUT2D eigenvalue weighted by molar-refractivity contribution is 0.0530. The zero-order valence-corrected chi connectivity index (χ0v) is 18.1. The minimum absolute atomic E-state index is 0.500. The van der Waals surface area contributed by atoms with E-state index in [9.17, 15) is 5.11 Å². The molecule has 0 bridgehead atoms. The summed E-state index contributed by atoms with van der Waals surface area (Å²) in [4.78, 5) is 2.21. The highest BCUT2D eigenvalue weighted by Crippen LogP contribution is 2.29. The highest BCUT2D eigenvalue weighted by atomic mass is 16.3. The van der Waals surface area contributed by atoms with Crippen molar-refractivity contribution >= 4 is 5.70 Å². The zero-order chi connectivity index (χ0) is 20.6. The number of allylic oxidation sites excluding steroid dienone is 1. The molecule has 1 aromatic carbocycles. The number of rotatable bonds is 10. The molecule has 0 spiro atoms. The van der Waals surface area contributed by atoms with Gasteiger partial charge in [0, 0.05) is 18.7 Å². The van der Waals surface area contributed by atoms with E-state index < -0.39 is 5.60 Å². The summed E-state index contributed by atoms with van der Waals surface area (Å²) in [5.41, 5.74) is 17.7. The molecule has 0 amide bonds. The molecule has 0 heterocycles. The minimum Gasteiger partial charge on any atom is -0.397 e. The Hall–Kier alpha value is -1.94. The smallest absolute Gasteiger partial charge is 0.0791 e. The van der Waals surface area contributed by atoms with Gasteiger partial charge in [0.05, 0.1) is 22.7 Å². The molecule has 0 aliphatic heterocycles. The Bertz CT molecular complexity index is 668. The van der Waals surface area contributed by atoms with Crippen LogP contribution in [-0.2, 0) is 0 Å². The Balaban J connectivity index is 3.59. The van der Waals surface area contributed by atoms with Crippen molar-refractivity contribution in [2.75, 3.05) is 13.1 Å². The fourth-order valence-electron chi connectivity index (χ4n) is 3.16. The largest absolute Gasteiger partial charge is 0.397 e. The fraction of sp³-hybridized carbons (Fsp3) is 0.565. The molecule has 0 aliphatic carbocycles. The summed E-state index contributed by atoms with van der Waals surface area (Å²) < 4.78 is 0. The number of aryl methyl sites for hydroxylation is 1. The molecule has 0 aromatic heterocycles. The van der Waals surface area contributed by atoms with Gasteiger partial charge < -0.3 is 21.5 Å². The predicted octanol–water partition coefficient (Wildman–Crippen LogP) is 4.53. The van der Waals surface area contributed by atoms with E-state index in [1.165, 1.54) is 0 Å². The Morgan fingerprint density at radius 3 is 2.22 bits per heavy atom. The first-order valence-electron chi connectivity index (χ1n) is 10.1. The fourth-order valence-corrected chi connectivity index (χ4v) is 3.16. The third-order valence-electron chi connectivity index (χ3n) is 4.86. The van der Waals surface area contributed by atoms with Gasteiger partial charge in [-0.2, -0.15) is 0 Å². The molecule has 1 aromatic rings. The number of nitrogens with zero attached hydrogens (tertiary/aromatic N) is 1. The molecule has 0 saturated carbocycles. The third-order valence-corrected chi connectivity index (χ3v) is 4.86. The SMILES string of the molecule is CCCCCN(CC(C)(C)O)/C(=C(N)/C(N)=C(\C)CC)c1ccccc1C. The van der Waals surface area contributed by atoms with E-state index in [0.29, 0.717) is 17.9 Å². The monoisotopic (exact) mass is 373 g/mol. The van der Waals surface area contributed by atoms with E-state index in [1.54, 1.807) is 0 Å². The maximum absolute atomic E-state index is 10.5. The van der Waals surface area contributed by atoms with Crippen molar-refractivity contribution in [3.8, 4) is 0 Å². The van der Waals surface area contributed by atoms with Gasteiger partial charge in [-0.05, 0) is 51.7 Å². The van der Waals surface area contributed by atoms with Crippen molar-refractivity contribution in [1.29, 1.82) is 0 Å². The summed E-state index contributed by atoms with van der Waals surface area (Å²) in [5.74, 6) is 0. The maximum Gasteiger partial charge on any atom is 0.0791 e. The average molecular weight is 374 g/mol. The van der Waals surface area contributed by atoms with E-state index >= 15 is 0 Å². The van der Waals surface area contributed by atoms with E-state index in [4.69, 9.17) is 11.5 Å². The first kappa shape index (κ1) is 23.1. The Labute approximate surface area is 165 Å². The van der Waals surface area contributed by atoms with Gasteiger partial charge in [-0.25, -0.2) is 0 Å². The van der Waals surface area contributed by atoms with Crippen LogP contribution in [0.1, 0.15) is 71.4 Å². The average Bonchev–Trinajstić information content (AvgIpc) is 2.60. The van der Waals surface area contributed by atoms with Crippen molar-refractivity contribution < 1.29 is 5.11 Å². The van der Waals surface area contributed by atoms with Gasteiger partial charge in [0.15, 0.2) is 0 Å². The molecule has 0 radical (unpaired) electrons. The number of hydrogen-bond acceptors (Lipinski definition) is 4. The normalized spacial score (nSPS) is 13.9. The molecule has 152 valence electrons. The molecule has 4 nitrogen and oxygen atoms in total. The lowest BCUT2D eigenvalue weighted by Gasteiger charge is -2.35. The summed E-state index contributed by atoms with van der Waals surface area (Å²) in [5, 5.41) is 10.5. The van der Waals surface area contributed by atoms with E-state index in [1.807, 2.05) is 32.9 Å². The first-order chi connectivity index (χ1) is 12.6. The Morgan fingerprint density at radius 1 is 1.07 bits per heavy atom. The second-order valence-corrected chi connectivity index (χ2v) is 8.07. The van der Waals surface area contributed by atoms with Crippen molar-refractivity contribution in [3.63, 3.8) is 0 Å². The quantitative estimate of drug-likeness (QED) is 0.416. The standard InChI is InChI=1S/C23H39N3O/c1-7-9-12-15-26(16-23(5,6)27)22(19-14-11-10-13-18(19)4)21(25)20(24)17(3)8-2/h10-11,13-14,27H,7-9,12,15-16,24-25H2,1-6H3/b20-17-,22-21-. The molecule has 0 saturated heterocycles. The summed E-state index contributed by atoms with van der Waals surface area (Å²) in [6.45, 7) is 13.4. The second-order valence-electron chi connectivity index (χ2n) is 8.07. The van der Waals surface area contributed by atoms with Crippen molar-refractivity contribution in [3.05, 3.63) is 52.4 Å². The van der Waals surface area contributed by atoms with E-state index in [-0.39, 0.29) is 0 Å². The van der Waals surface area contributed by atoms with Gasteiger partial charge in [0.2, 0.25) is 0 Å². The Morgan fingerprint density at radius 2 is 1.70 bits per heavy atom. The van der Waals surface area contributed by atoms with Crippen molar-refractivity contribution in [2.45, 2.75) is 72.8 Å². The maximum atomic E-state index is 10.5. The molecule has 0 fully saturated rings. The van der Waals surface area contributed by atoms with Crippen LogP contribution in [0.2, 0.25) is 0 Å². The van der Waals surface area contributed by atoms with Gasteiger partial charge >= 0.3 is 0 Å². The molecule has 0 unspecified atom stereocenters. The van der Waals surface area contributed by atoms with Gasteiger partial charge in [-0.3, -0.25) is 0 Å². The van der Waals surface area contributed by atoms with Crippen LogP contribution in [0.4, 0.5) is 0 Å². The molecular weight excluding hydrogens is 334 g/mol. The summed E-state index contributed by atoms with van der Waals surface area (Å²) in [7, 11) is 0. The summed E-state index contributed by atoms with van der Waals surface area (Å²) >= 11 is 0. The van der Waals surface area contributed by atoms with Crippen LogP contribution in [0.15, 0.2) is 41.2 Å². The second kappa shape index (κ2) is 10.4. The molecule has 1 rings (SSSR count). The number of nitrogens with two attached hydrogens (primary N) is 2. The van der Waals surface area contributed by atoms with Crippen LogP contribution in [0.25, 0.3) is 5.70 Å². The van der Waals surface area contributed by atoms with Crippen LogP contribution in [-0.4, -0.2) is 28.7 Å². The highest BCUT2D eigenvalue weighted by molar-refractivity contribution is 5.72. The first-order valence-corrected chi connectivity index (χ1v) is 10.1.